The summed E-state index contributed by atoms with van der Waals surface area (Å²) in [5.41, 5.74) is 1.28. The van der Waals surface area contributed by atoms with E-state index >= 15 is 0 Å². The van der Waals surface area contributed by atoms with Crippen LogP contribution in [0.1, 0.15) is 16.1 Å². The molecule has 0 saturated heterocycles. The highest BCUT2D eigenvalue weighted by molar-refractivity contribution is 6.30. The molecule has 3 rings (SSSR count). The molecular formula is C16H11ClN2O3. The zero-order valence-electron chi connectivity index (χ0n) is 11.4. The van der Waals surface area contributed by atoms with Crippen molar-refractivity contribution in [2.24, 2.45) is 0 Å². The van der Waals surface area contributed by atoms with Gasteiger partial charge in [-0.15, -0.1) is 0 Å². The Balaban J connectivity index is 1.80. The molecule has 6 heteroatoms. The Morgan fingerprint density at radius 3 is 2.82 bits per heavy atom. The predicted octanol–water partition coefficient (Wildman–Crippen LogP) is 2.88. The Labute approximate surface area is 131 Å². The lowest BCUT2D eigenvalue weighted by molar-refractivity contribution is -0.608. The third-order valence-corrected chi connectivity index (χ3v) is 3.47. The molecule has 0 aliphatic heterocycles. The van der Waals surface area contributed by atoms with Gasteiger partial charge >= 0.3 is 11.7 Å². The fourth-order valence-corrected chi connectivity index (χ4v) is 2.24. The van der Waals surface area contributed by atoms with Crippen LogP contribution in [-0.2, 0) is 11.3 Å². The van der Waals surface area contributed by atoms with Gasteiger partial charge in [-0.2, -0.15) is 4.73 Å². The number of nitrogens with zero attached hydrogens (tertiary/aromatic N) is 2. The molecule has 0 atom stereocenters. The van der Waals surface area contributed by atoms with Crippen LogP contribution < -0.4 is 4.73 Å². The molecule has 0 spiro atoms. The third-order valence-electron chi connectivity index (χ3n) is 3.14. The summed E-state index contributed by atoms with van der Waals surface area (Å²) in [4.78, 5) is 16.2. The minimum Gasteiger partial charge on any atom is -0.618 e. The molecule has 0 aliphatic rings. The van der Waals surface area contributed by atoms with Crippen molar-refractivity contribution >= 4 is 28.5 Å². The topological polar surface area (TPSA) is 66.1 Å². The fourth-order valence-electron chi connectivity index (χ4n) is 2.04. The number of rotatable bonds is 3. The van der Waals surface area contributed by atoms with Crippen LogP contribution >= 0.6 is 11.6 Å². The van der Waals surface area contributed by atoms with Gasteiger partial charge < -0.3 is 9.94 Å². The number of carbonyl (C=O) groups excluding carboxylic acids is 1. The molecule has 0 N–H and O–H groups in total. The van der Waals surface area contributed by atoms with Crippen molar-refractivity contribution in [3.05, 3.63) is 76.3 Å². The molecule has 2 aromatic heterocycles. The molecule has 5 nitrogen and oxygen atoms in total. The lowest BCUT2D eigenvalue weighted by Gasteiger charge is -2.07. The second kappa shape index (κ2) is 5.99. The number of ether oxygens (including phenoxy) is 1. The lowest BCUT2D eigenvalue weighted by atomic mass is 10.2. The lowest BCUT2D eigenvalue weighted by Crippen LogP contribution is -2.34. The summed E-state index contributed by atoms with van der Waals surface area (Å²) in [7, 11) is 0. The van der Waals surface area contributed by atoms with Gasteiger partial charge in [0, 0.05) is 23.1 Å². The zero-order chi connectivity index (χ0) is 15.5. The number of benzene rings is 1. The molecule has 1 aromatic carbocycles. The van der Waals surface area contributed by atoms with Crippen LogP contribution in [0, 0.1) is 5.21 Å². The molecule has 0 fully saturated rings. The van der Waals surface area contributed by atoms with Gasteiger partial charge in [0.2, 0.25) is 0 Å². The van der Waals surface area contributed by atoms with Crippen molar-refractivity contribution in [2.45, 2.75) is 6.61 Å². The highest BCUT2D eigenvalue weighted by Gasteiger charge is 2.17. The molecule has 22 heavy (non-hydrogen) atoms. The van der Waals surface area contributed by atoms with E-state index in [1.165, 1.54) is 18.3 Å². The number of halogens is 1. The average molecular weight is 315 g/mol. The molecule has 0 saturated carbocycles. The molecule has 2 heterocycles. The van der Waals surface area contributed by atoms with Crippen molar-refractivity contribution in [3.63, 3.8) is 0 Å². The van der Waals surface area contributed by atoms with Gasteiger partial charge in [-0.25, -0.2) is 9.78 Å². The maximum atomic E-state index is 11.9. The molecule has 3 aromatic rings. The monoisotopic (exact) mass is 314 g/mol. The number of aromatic nitrogens is 2. The van der Waals surface area contributed by atoms with E-state index in [0.29, 0.717) is 10.3 Å². The van der Waals surface area contributed by atoms with E-state index < -0.39 is 5.97 Å². The number of para-hydroxylation sites is 1. The second-order valence-corrected chi connectivity index (χ2v) is 4.98. The summed E-state index contributed by atoms with van der Waals surface area (Å²) in [6, 6.07) is 13.8. The van der Waals surface area contributed by atoms with Crippen LogP contribution in [0.2, 0.25) is 5.15 Å². The van der Waals surface area contributed by atoms with Crippen molar-refractivity contribution in [2.75, 3.05) is 0 Å². The number of hydrogen-bond acceptors (Lipinski definition) is 4. The van der Waals surface area contributed by atoms with Crippen molar-refractivity contribution < 1.29 is 14.3 Å². The normalized spacial score (nSPS) is 10.6. The maximum Gasteiger partial charge on any atom is 0.405 e. The Bertz CT molecular complexity index is 852. The van der Waals surface area contributed by atoms with Crippen molar-refractivity contribution in [3.8, 4) is 0 Å². The Morgan fingerprint density at radius 1 is 1.23 bits per heavy atom. The molecule has 0 unspecified atom stereocenters. The quantitative estimate of drug-likeness (QED) is 0.323. The van der Waals surface area contributed by atoms with E-state index in [0.717, 1.165) is 10.9 Å². The minimum atomic E-state index is -0.708. The van der Waals surface area contributed by atoms with E-state index in [-0.39, 0.29) is 17.5 Å². The van der Waals surface area contributed by atoms with E-state index in [2.05, 4.69) is 4.98 Å². The molecular weight excluding hydrogens is 304 g/mol. The summed E-state index contributed by atoms with van der Waals surface area (Å²) < 4.78 is 5.60. The highest BCUT2D eigenvalue weighted by atomic mass is 35.5. The standard InChI is InChI=1S/C16H11ClN2O3/c17-15-12(9-11-5-1-2-6-13(11)18-15)10-22-16(20)14-7-3-4-8-19(14)21/h1-9H,10H2. The summed E-state index contributed by atoms with van der Waals surface area (Å²) in [6.45, 7) is -0.0512. The van der Waals surface area contributed by atoms with Crippen LogP contribution in [-0.4, -0.2) is 11.0 Å². The first-order valence-corrected chi connectivity index (χ1v) is 6.92. The van der Waals surface area contributed by atoms with Crippen LogP contribution in [0.4, 0.5) is 0 Å². The van der Waals surface area contributed by atoms with Crippen LogP contribution in [0.15, 0.2) is 54.7 Å². The van der Waals surface area contributed by atoms with Gasteiger partial charge in [-0.3, -0.25) is 0 Å². The Kier molecular flexibility index (Phi) is 3.89. The van der Waals surface area contributed by atoms with Gasteiger partial charge in [0.15, 0.2) is 6.20 Å². The summed E-state index contributed by atoms with van der Waals surface area (Å²) in [5, 5.41) is 12.7. The highest BCUT2D eigenvalue weighted by Crippen LogP contribution is 2.21. The molecule has 0 radical (unpaired) electrons. The third kappa shape index (κ3) is 2.84. The SMILES string of the molecule is O=C(OCc1cc2ccccc2nc1Cl)c1cccc[n+]1[O-]. The van der Waals surface area contributed by atoms with Gasteiger partial charge in [-0.05, 0) is 18.2 Å². The predicted molar refractivity (Wildman–Crippen MR) is 81.3 cm³/mol. The number of esters is 1. The largest absolute Gasteiger partial charge is 0.618 e. The van der Waals surface area contributed by atoms with E-state index in [4.69, 9.17) is 16.3 Å². The smallest absolute Gasteiger partial charge is 0.405 e. The van der Waals surface area contributed by atoms with E-state index in [1.54, 1.807) is 6.07 Å². The molecule has 0 bridgehead atoms. The molecule has 110 valence electrons. The van der Waals surface area contributed by atoms with Gasteiger partial charge in [0.05, 0.1) is 5.52 Å². The van der Waals surface area contributed by atoms with Crippen molar-refractivity contribution in [1.82, 2.24) is 4.98 Å². The minimum absolute atomic E-state index is 0.0512. The zero-order valence-corrected chi connectivity index (χ0v) is 12.2. The Morgan fingerprint density at radius 2 is 2.00 bits per heavy atom. The van der Waals surface area contributed by atoms with Crippen molar-refractivity contribution in [1.29, 1.82) is 0 Å². The van der Waals surface area contributed by atoms with E-state index in [1.807, 2.05) is 30.3 Å². The number of pyridine rings is 2. The maximum absolute atomic E-state index is 11.9. The summed E-state index contributed by atoms with van der Waals surface area (Å²) in [5.74, 6) is -0.708. The van der Waals surface area contributed by atoms with Crippen LogP contribution in [0.3, 0.4) is 0 Å². The Hall–Kier alpha value is -2.66. The first kappa shape index (κ1) is 14.3. The van der Waals surface area contributed by atoms with E-state index in [9.17, 15) is 10.0 Å². The van der Waals surface area contributed by atoms with Gasteiger partial charge in [0.25, 0.3) is 0 Å². The number of fused-ring (bicyclic) bond motifs is 1. The summed E-state index contributed by atoms with van der Waals surface area (Å²) >= 11 is 6.09. The average Bonchev–Trinajstić information content (AvgIpc) is 2.53. The summed E-state index contributed by atoms with van der Waals surface area (Å²) in [6.07, 6.45) is 1.24. The van der Waals surface area contributed by atoms with Crippen LogP contribution in [0.25, 0.3) is 10.9 Å². The number of carbonyl (C=O) groups is 1. The first-order valence-electron chi connectivity index (χ1n) is 6.54. The first-order chi connectivity index (χ1) is 10.6. The second-order valence-electron chi connectivity index (χ2n) is 4.62. The van der Waals surface area contributed by atoms with Gasteiger partial charge in [0.1, 0.15) is 11.8 Å². The molecule has 0 aliphatic carbocycles. The number of hydrogen-bond donors (Lipinski definition) is 0. The molecule has 0 amide bonds. The van der Waals surface area contributed by atoms with Gasteiger partial charge in [-0.1, -0.05) is 29.8 Å². The fraction of sp³-hybridized carbons (Fsp3) is 0.0625. The van der Waals surface area contributed by atoms with Crippen LogP contribution in [0.5, 0.6) is 0 Å².